The Morgan fingerprint density at radius 3 is 2.35 bits per heavy atom. The molecular formula is C13H15F5N2O3. The van der Waals surface area contributed by atoms with E-state index in [0.717, 1.165) is 23.1 Å². The zero-order valence-electron chi connectivity index (χ0n) is 11.9. The lowest BCUT2D eigenvalue weighted by molar-refractivity contribution is -0.174. The molecule has 10 heteroatoms. The highest BCUT2D eigenvalue weighted by molar-refractivity contribution is 5.89. The van der Waals surface area contributed by atoms with Crippen LogP contribution in [0.2, 0.25) is 0 Å². The summed E-state index contributed by atoms with van der Waals surface area (Å²) in [7, 11) is 0. The van der Waals surface area contributed by atoms with Crippen LogP contribution in [0.3, 0.4) is 0 Å². The largest absolute Gasteiger partial charge is 0.411 e. The molecule has 0 bridgehead atoms. The number of nitrogens with zero attached hydrogens (tertiary/aromatic N) is 1. The number of carbonyl (C=O) groups is 1. The van der Waals surface area contributed by atoms with E-state index in [0.29, 0.717) is 0 Å². The van der Waals surface area contributed by atoms with Crippen molar-refractivity contribution in [2.45, 2.75) is 6.18 Å². The zero-order valence-corrected chi connectivity index (χ0v) is 11.9. The first-order chi connectivity index (χ1) is 10.7. The number of benzene rings is 1. The summed E-state index contributed by atoms with van der Waals surface area (Å²) in [6.45, 7) is -2.95. The number of carbonyl (C=O) groups excluding carboxylic acids is 1. The van der Waals surface area contributed by atoms with Crippen LogP contribution in [0.5, 0.6) is 0 Å². The smallest absolute Gasteiger partial charge is 0.395 e. The lowest BCUT2D eigenvalue weighted by atomic mass is 10.3. The minimum atomic E-state index is -4.50. The number of aliphatic hydroxyl groups is 1. The fourth-order valence-electron chi connectivity index (χ4n) is 1.60. The van der Waals surface area contributed by atoms with Crippen LogP contribution in [0.1, 0.15) is 0 Å². The summed E-state index contributed by atoms with van der Waals surface area (Å²) in [6.07, 6.45) is -4.50. The maximum atomic E-state index is 13.4. The van der Waals surface area contributed by atoms with Gasteiger partial charge < -0.3 is 20.1 Å². The van der Waals surface area contributed by atoms with Gasteiger partial charge in [-0.2, -0.15) is 13.2 Å². The van der Waals surface area contributed by atoms with E-state index >= 15 is 0 Å². The van der Waals surface area contributed by atoms with E-state index in [1.165, 1.54) is 0 Å². The van der Waals surface area contributed by atoms with Gasteiger partial charge in [-0.05, 0) is 12.1 Å². The van der Waals surface area contributed by atoms with Crippen LogP contribution in [0.4, 0.5) is 32.4 Å². The minimum Gasteiger partial charge on any atom is -0.395 e. The molecule has 130 valence electrons. The average molecular weight is 342 g/mol. The molecule has 0 aliphatic heterocycles. The van der Waals surface area contributed by atoms with Crippen molar-refractivity contribution in [3.63, 3.8) is 0 Å². The quantitative estimate of drug-likeness (QED) is 0.591. The predicted octanol–water partition coefficient (Wildman–Crippen LogP) is 2.37. The van der Waals surface area contributed by atoms with Gasteiger partial charge in [-0.15, -0.1) is 0 Å². The van der Waals surface area contributed by atoms with Crippen LogP contribution in [0.15, 0.2) is 18.2 Å². The van der Waals surface area contributed by atoms with Crippen LogP contribution < -0.4 is 5.32 Å². The number of nitrogens with one attached hydrogen (secondary N) is 1. The number of hydrogen-bond acceptors (Lipinski definition) is 3. The number of amides is 2. The van der Waals surface area contributed by atoms with Crippen molar-refractivity contribution >= 4 is 11.7 Å². The van der Waals surface area contributed by atoms with Gasteiger partial charge in [0.2, 0.25) is 0 Å². The van der Waals surface area contributed by atoms with Crippen LogP contribution in [0.25, 0.3) is 0 Å². The number of alkyl halides is 3. The number of urea groups is 1. The summed E-state index contributed by atoms with van der Waals surface area (Å²) in [5, 5.41) is 10.8. The van der Waals surface area contributed by atoms with E-state index in [4.69, 9.17) is 5.11 Å². The monoisotopic (exact) mass is 342 g/mol. The summed E-state index contributed by atoms with van der Waals surface area (Å²) >= 11 is 0. The van der Waals surface area contributed by atoms with Gasteiger partial charge in [-0.3, -0.25) is 0 Å². The Morgan fingerprint density at radius 2 is 1.83 bits per heavy atom. The first kappa shape index (κ1) is 19.1. The molecule has 23 heavy (non-hydrogen) atoms. The lowest BCUT2D eigenvalue weighted by Crippen LogP contribution is -2.40. The normalized spacial score (nSPS) is 11.4. The molecule has 2 amide bonds. The lowest BCUT2D eigenvalue weighted by Gasteiger charge is -2.22. The Labute approximate surface area is 128 Å². The van der Waals surface area contributed by atoms with E-state index in [9.17, 15) is 26.7 Å². The third-order valence-corrected chi connectivity index (χ3v) is 2.62. The molecule has 2 N–H and O–H groups in total. The van der Waals surface area contributed by atoms with Gasteiger partial charge in [0.05, 0.1) is 13.2 Å². The Hall–Kier alpha value is -1.94. The Bertz CT molecular complexity index is 505. The van der Waals surface area contributed by atoms with E-state index in [2.05, 4.69) is 4.74 Å². The molecule has 1 aromatic carbocycles. The molecular weight excluding hydrogens is 327 g/mol. The molecule has 1 rings (SSSR count). The van der Waals surface area contributed by atoms with Crippen LogP contribution in [0, 0.1) is 11.6 Å². The molecule has 1 aromatic rings. The van der Waals surface area contributed by atoms with E-state index in [1.807, 2.05) is 5.32 Å². The summed E-state index contributed by atoms with van der Waals surface area (Å²) < 4.78 is 67.0. The predicted molar refractivity (Wildman–Crippen MR) is 70.9 cm³/mol. The van der Waals surface area contributed by atoms with E-state index in [-0.39, 0.29) is 13.1 Å². The topological polar surface area (TPSA) is 61.8 Å². The fraction of sp³-hybridized carbons (Fsp3) is 0.462. The third kappa shape index (κ3) is 6.78. The molecule has 0 aromatic heterocycles. The highest BCUT2D eigenvalue weighted by Gasteiger charge is 2.27. The van der Waals surface area contributed by atoms with Crippen LogP contribution in [-0.4, -0.2) is 55.1 Å². The maximum Gasteiger partial charge on any atom is 0.411 e. The fourth-order valence-corrected chi connectivity index (χ4v) is 1.60. The average Bonchev–Trinajstić information content (AvgIpc) is 2.45. The molecule has 0 saturated carbocycles. The molecule has 0 unspecified atom stereocenters. The number of aliphatic hydroxyl groups excluding tert-OH is 1. The van der Waals surface area contributed by atoms with Gasteiger partial charge in [-0.1, -0.05) is 6.07 Å². The molecule has 0 atom stereocenters. The highest BCUT2D eigenvalue weighted by Crippen LogP contribution is 2.18. The number of para-hydroxylation sites is 1. The van der Waals surface area contributed by atoms with Gasteiger partial charge in [0.1, 0.15) is 23.9 Å². The first-order valence-corrected chi connectivity index (χ1v) is 6.50. The number of hydrogen-bond donors (Lipinski definition) is 2. The minimum absolute atomic E-state index is 0.239. The molecule has 0 fully saturated rings. The van der Waals surface area contributed by atoms with E-state index < -0.39 is 49.3 Å². The molecule has 0 aliphatic rings. The third-order valence-electron chi connectivity index (χ3n) is 2.62. The van der Waals surface area contributed by atoms with Crippen molar-refractivity contribution in [1.29, 1.82) is 0 Å². The van der Waals surface area contributed by atoms with Crippen molar-refractivity contribution in [2.24, 2.45) is 0 Å². The van der Waals surface area contributed by atoms with Gasteiger partial charge in [0, 0.05) is 13.1 Å². The van der Waals surface area contributed by atoms with Crippen molar-refractivity contribution in [1.82, 2.24) is 4.90 Å². The summed E-state index contributed by atoms with van der Waals surface area (Å²) in [4.78, 5) is 12.8. The highest BCUT2D eigenvalue weighted by atomic mass is 19.4. The second kappa shape index (κ2) is 8.63. The first-order valence-electron chi connectivity index (χ1n) is 6.50. The number of anilines is 1. The van der Waals surface area contributed by atoms with Crippen molar-refractivity contribution < 1.29 is 36.6 Å². The van der Waals surface area contributed by atoms with Crippen LogP contribution >= 0.6 is 0 Å². The maximum absolute atomic E-state index is 13.4. The van der Waals surface area contributed by atoms with Crippen molar-refractivity contribution in [3.05, 3.63) is 29.8 Å². The standard InChI is InChI=1S/C13H15F5N2O3/c14-9-2-1-3-10(15)11(9)19-12(22)20(4-6-21)5-7-23-8-13(16,17)18/h1-3,21H,4-8H2,(H,19,22). The number of halogens is 5. The van der Waals surface area contributed by atoms with Crippen LogP contribution in [-0.2, 0) is 4.74 Å². The van der Waals surface area contributed by atoms with E-state index in [1.54, 1.807) is 0 Å². The second-order valence-electron chi connectivity index (χ2n) is 4.41. The molecule has 0 heterocycles. The summed E-state index contributed by atoms with van der Waals surface area (Å²) in [6, 6.07) is 2.00. The molecule has 0 aliphatic carbocycles. The second-order valence-corrected chi connectivity index (χ2v) is 4.41. The van der Waals surface area contributed by atoms with Gasteiger partial charge in [-0.25, -0.2) is 13.6 Å². The number of ether oxygens (including phenoxy) is 1. The van der Waals surface area contributed by atoms with Gasteiger partial charge in [0.25, 0.3) is 0 Å². The molecule has 0 saturated heterocycles. The van der Waals surface area contributed by atoms with Gasteiger partial charge >= 0.3 is 12.2 Å². The van der Waals surface area contributed by atoms with Crippen molar-refractivity contribution in [2.75, 3.05) is 38.2 Å². The van der Waals surface area contributed by atoms with Crippen molar-refractivity contribution in [3.8, 4) is 0 Å². The molecule has 0 spiro atoms. The molecule has 5 nitrogen and oxygen atoms in total. The number of rotatable bonds is 7. The Morgan fingerprint density at radius 1 is 1.22 bits per heavy atom. The van der Waals surface area contributed by atoms with Gasteiger partial charge in [0.15, 0.2) is 0 Å². The molecule has 0 radical (unpaired) electrons. The SMILES string of the molecule is O=C(Nc1c(F)cccc1F)N(CCO)CCOCC(F)(F)F. The Balaban J connectivity index is 2.60. The summed E-state index contributed by atoms with van der Waals surface area (Å²) in [5.41, 5.74) is -0.684. The Kier molecular flexibility index (Phi) is 7.17. The zero-order chi connectivity index (χ0) is 17.5. The summed E-state index contributed by atoms with van der Waals surface area (Å²) in [5.74, 6) is -2.01.